The van der Waals surface area contributed by atoms with Gasteiger partial charge in [0, 0.05) is 55.1 Å². The summed E-state index contributed by atoms with van der Waals surface area (Å²) in [6, 6.07) is 5.02. The van der Waals surface area contributed by atoms with Crippen LogP contribution in [0.25, 0.3) is 11.3 Å². The Morgan fingerprint density at radius 2 is 1.82 bits per heavy atom. The van der Waals surface area contributed by atoms with Gasteiger partial charge in [-0.1, -0.05) is 27.7 Å². The molecule has 5 rings (SSSR count). The van der Waals surface area contributed by atoms with Crippen LogP contribution < -0.4 is 10.4 Å². The fraction of sp³-hybridized carbons (Fsp3) is 0.606. The number of aliphatic hydroxyl groups is 1. The maximum Gasteiger partial charge on any atom is 0.345 e. The third kappa shape index (κ3) is 5.18. The van der Waals surface area contributed by atoms with Gasteiger partial charge in [0.2, 0.25) is 0 Å². The predicted molar refractivity (Wildman–Crippen MR) is 156 cm³/mol. The van der Waals surface area contributed by atoms with Crippen LogP contribution >= 0.6 is 0 Å². The molecule has 8 atom stereocenters. The maximum absolute atomic E-state index is 13.5. The van der Waals surface area contributed by atoms with E-state index in [-0.39, 0.29) is 54.8 Å². The van der Waals surface area contributed by atoms with Gasteiger partial charge in [0.05, 0.1) is 6.10 Å². The van der Waals surface area contributed by atoms with Crippen molar-refractivity contribution in [3.63, 3.8) is 0 Å². The molecule has 2 aromatic rings. The van der Waals surface area contributed by atoms with Crippen molar-refractivity contribution in [3.8, 4) is 17.1 Å². The van der Waals surface area contributed by atoms with Crippen LogP contribution in [0.2, 0.25) is 0 Å². The van der Waals surface area contributed by atoms with E-state index in [4.69, 9.17) is 23.4 Å². The fourth-order valence-electron chi connectivity index (χ4n) is 8.16. The summed E-state index contributed by atoms with van der Waals surface area (Å²) in [5, 5.41) is 12.1. The molecule has 3 heterocycles. The second-order valence-corrected chi connectivity index (χ2v) is 12.9. The summed E-state index contributed by atoms with van der Waals surface area (Å²) < 4.78 is 29.9. The summed E-state index contributed by atoms with van der Waals surface area (Å²) in [6.45, 7) is 10.4. The molecule has 1 aliphatic heterocycles. The van der Waals surface area contributed by atoms with Crippen LogP contribution in [-0.2, 0) is 28.6 Å². The number of nitrogens with zero attached hydrogens (tertiary/aromatic N) is 1. The number of carbonyl (C=O) groups is 3. The summed E-state index contributed by atoms with van der Waals surface area (Å²) >= 11 is 0. The van der Waals surface area contributed by atoms with E-state index < -0.39 is 58.2 Å². The van der Waals surface area contributed by atoms with Crippen molar-refractivity contribution in [1.82, 2.24) is 4.98 Å². The number of pyridine rings is 1. The van der Waals surface area contributed by atoms with Crippen molar-refractivity contribution in [2.24, 2.45) is 22.7 Å². The molecule has 1 N–H and O–H groups in total. The first-order chi connectivity index (χ1) is 20.8. The van der Waals surface area contributed by atoms with Crippen LogP contribution in [0.3, 0.4) is 0 Å². The summed E-state index contributed by atoms with van der Waals surface area (Å²) in [5.41, 5.74) is -3.09. The largest absolute Gasteiger partial charge is 0.482 e. The molecule has 0 saturated heterocycles. The minimum absolute atomic E-state index is 0.0118. The van der Waals surface area contributed by atoms with Crippen LogP contribution in [-0.4, -0.2) is 52.4 Å². The van der Waals surface area contributed by atoms with Gasteiger partial charge in [0.15, 0.2) is 0 Å². The average Bonchev–Trinajstić information content (AvgIpc) is 2.98. The number of aromatic nitrogens is 1. The normalized spacial score (nSPS) is 33.9. The predicted octanol–water partition coefficient (Wildman–Crippen LogP) is 4.54. The van der Waals surface area contributed by atoms with Crippen molar-refractivity contribution in [3.05, 3.63) is 46.6 Å². The zero-order chi connectivity index (χ0) is 32.0. The van der Waals surface area contributed by atoms with E-state index in [0.29, 0.717) is 18.4 Å². The lowest BCUT2D eigenvalue weighted by Crippen LogP contribution is -2.71. The molecule has 3 aliphatic rings. The highest BCUT2D eigenvalue weighted by Gasteiger charge is 2.70. The van der Waals surface area contributed by atoms with Gasteiger partial charge in [-0.2, -0.15) is 0 Å². The van der Waals surface area contributed by atoms with E-state index in [1.54, 1.807) is 51.4 Å². The highest BCUT2D eigenvalue weighted by molar-refractivity contribution is 5.70. The highest BCUT2D eigenvalue weighted by Crippen LogP contribution is 2.67. The molecule has 2 saturated carbocycles. The average molecular weight is 612 g/mol. The van der Waals surface area contributed by atoms with Crippen molar-refractivity contribution < 1.29 is 42.9 Å². The molecule has 0 bridgehead atoms. The lowest BCUT2D eigenvalue weighted by molar-refractivity contribution is -0.271. The van der Waals surface area contributed by atoms with Gasteiger partial charge < -0.3 is 28.5 Å². The topological polar surface area (TPSA) is 151 Å². The third-order valence-electron chi connectivity index (χ3n) is 10.2. The lowest BCUT2D eigenvalue weighted by Gasteiger charge is -2.66. The SMILES string of the molecule is CCC(=O)OC[C@@]1(C)[C@@H]2C[C@H](OC(C)=O)[C@@]3(C)Oc4cc(-c5cccnc5)oc(=O)c4[C@H](O)[C@@H]3[C@@]2(C)CC[C@@H]1OC(=O)CC. The zero-order valence-corrected chi connectivity index (χ0v) is 26.1. The molecule has 238 valence electrons. The third-order valence-corrected chi connectivity index (χ3v) is 10.2. The van der Waals surface area contributed by atoms with E-state index in [1.807, 2.05) is 13.8 Å². The Kier molecular flexibility index (Phi) is 8.39. The first kappa shape index (κ1) is 31.7. The Bertz CT molecular complexity index is 1490. The Morgan fingerprint density at radius 1 is 1.09 bits per heavy atom. The summed E-state index contributed by atoms with van der Waals surface area (Å²) in [4.78, 5) is 55.0. The molecular formula is C33H41NO10. The van der Waals surface area contributed by atoms with Crippen molar-refractivity contribution in [2.45, 2.75) is 97.6 Å². The van der Waals surface area contributed by atoms with E-state index >= 15 is 0 Å². The van der Waals surface area contributed by atoms with Gasteiger partial charge in [-0.05, 0) is 49.7 Å². The molecule has 0 unspecified atom stereocenters. The molecule has 0 amide bonds. The Balaban J connectivity index is 1.65. The molecule has 2 aliphatic carbocycles. The van der Waals surface area contributed by atoms with Crippen LogP contribution in [0.15, 0.2) is 39.8 Å². The fourth-order valence-corrected chi connectivity index (χ4v) is 8.16. The number of rotatable bonds is 7. The number of carbonyl (C=O) groups excluding carboxylic acids is 3. The Morgan fingerprint density at radius 3 is 2.45 bits per heavy atom. The summed E-state index contributed by atoms with van der Waals surface area (Å²) in [5.74, 6) is -2.06. The Hall–Kier alpha value is -3.73. The molecule has 0 aromatic carbocycles. The highest BCUT2D eigenvalue weighted by atomic mass is 16.6. The maximum atomic E-state index is 13.5. The minimum Gasteiger partial charge on any atom is -0.482 e. The van der Waals surface area contributed by atoms with E-state index in [0.717, 1.165) is 0 Å². The van der Waals surface area contributed by atoms with Gasteiger partial charge >= 0.3 is 23.5 Å². The van der Waals surface area contributed by atoms with Crippen molar-refractivity contribution in [2.75, 3.05) is 6.61 Å². The lowest BCUT2D eigenvalue weighted by atomic mass is 9.42. The molecule has 11 nitrogen and oxygen atoms in total. The number of aliphatic hydroxyl groups excluding tert-OH is 1. The first-order valence-electron chi connectivity index (χ1n) is 15.3. The molecular weight excluding hydrogens is 570 g/mol. The zero-order valence-electron chi connectivity index (χ0n) is 26.1. The monoisotopic (exact) mass is 611 g/mol. The smallest absolute Gasteiger partial charge is 0.345 e. The number of ether oxygens (including phenoxy) is 4. The van der Waals surface area contributed by atoms with Gasteiger partial charge in [-0.3, -0.25) is 19.4 Å². The van der Waals surface area contributed by atoms with E-state index in [9.17, 15) is 24.3 Å². The second kappa shape index (κ2) is 11.6. The molecule has 0 radical (unpaired) electrons. The van der Waals surface area contributed by atoms with Crippen LogP contribution in [0, 0.1) is 22.7 Å². The molecule has 2 fully saturated rings. The first-order valence-corrected chi connectivity index (χ1v) is 15.3. The van der Waals surface area contributed by atoms with Crippen molar-refractivity contribution in [1.29, 1.82) is 0 Å². The Labute approximate surface area is 256 Å². The number of esters is 3. The number of hydrogen-bond donors (Lipinski definition) is 1. The number of hydrogen-bond acceptors (Lipinski definition) is 11. The standard InChI is InChI=1S/C33H41NO10/c1-7-25(36)40-17-32(5)22-15-24(41-18(3)35)33(6)29(31(22,4)12-11-23(32)43-26(37)8-2)28(38)27-21(44-33)14-20(42-30(27)39)19-10-9-13-34-16-19/h9-10,13-14,16,22-24,28-29,38H,7-8,11-12,15,17H2,1-6H3/t22-,23+,24+,28+,29-,31+,32+,33-/m1/s1. The van der Waals surface area contributed by atoms with Gasteiger partial charge in [0.25, 0.3) is 0 Å². The summed E-state index contributed by atoms with van der Waals surface area (Å²) in [6.07, 6.45) is 1.92. The summed E-state index contributed by atoms with van der Waals surface area (Å²) in [7, 11) is 0. The van der Waals surface area contributed by atoms with Crippen LogP contribution in [0.5, 0.6) is 5.75 Å². The van der Waals surface area contributed by atoms with Crippen molar-refractivity contribution >= 4 is 17.9 Å². The molecule has 44 heavy (non-hydrogen) atoms. The molecule has 11 heteroatoms. The second-order valence-electron chi connectivity index (χ2n) is 12.9. The van der Waals surface area contributed by atoms with Crippen LogP contribution in [0.4, 0.5) is 0 Å². The van der Waals surface area contributed by atoms with Crippen LogP contribution in [0.1, 0.15) is 85.3 Å². The van der Waals surface area contributed by atoms with E-state index in [1.165, 1.54) is 6.92 Å². The quantitative estimate of drug-likeness (QED) is 0.347. The van der Waals surface area contributed by atoms with Gasteiger partial charge in [-0.25, -0.2) is 4.79 Å². The van der Waals surface area contributed by atoms with E-state index in [2.05, 4.69) is 4.98 Å². The minimum atomic E-state index is -1.34. The van der Waals surface area contributed by atoms with Gasteiger partial charge in [-0.15, -0.1) is 0 Å². The number of fused-ring (bicyclic) bond motifs is 4. The molecule has 0 spiro atoms. The van der Waals surface area contributed by atoms with Gasteiger partial charge in [0.1, 0.15) is 41.5 Å². The molecule has 2 aromatic heterocycles.